The van der Waals surface area contributed by atoms with Crippen molar-refractivity contribution in [3.63, 3.8) is 0 Å². The average Bonchev–Trinajstić information content (AvgIpc) is 1.91. The van der Waals surface area contributed by atoms with E-state index in [-0.39, 0.29) is 36.1 Å². The minimum absolute atomic E-state index is 0. The number of ketones is 1. The maximum atomic E-state index is 10.1. The molecule has 0 spiro atoms. The van der Waals surface area contributed by atoms with Crippen molar-refractivity contribution in [1.29, 1.82) is 0 Å². The molecular formula is C3H4N2NaO2. The van der Waals surface area contributed by atoms with E-state index in [1.165, 1.54) is 0 Å². The van der Waals surface area contributed by atoms with Gasteiger partial charge in [0.05, 0.1) is 6.54 Å². The van der Waals surface area contributed by atoms with Crippen molar-refractivity contribution in [2.75, 3.05) is 6.54 Å². The van der Waals surface area contributed by atoms with Crippen LogP contribution in [0.1, 0.15) is 0 Å². The van der Waals surface area contributed by atoms with Gasteiger partial charge in [0.2, 0.25) is 5.78 Å². The zero-order valence-corrected chi connectivity index (χ0v) is 6.52. The Hall–Kier alpha value is 0.1000. The molecule has 0 unspecified atom stereocenters. The molecular weight excluding hydrogens is 119 g/mol. The maximum absolute atomic E-state index is 10.1. The van der Waals surface area contributed by atoms with E-state index in [0.717, 1.165) is 0 Å². The summed E-state index contributed by atoms with van der Waals surface area (Å²) >= 11 is 0. The summed E-state index contributed by atoms with van der Waals surface area (Å²) < 4.78 is 0. The topological polar surface area (TPSA) is 58.2 Å². The third kappa shape index (κ3) is 1.56. The molecule has 1 heterocycles. The van der Waals surface area contributed by atoms with Crippen LogP contribution in [0, 0.1) is 0 Å². The van der Waals surface area contributed by atoms with E-state index in [1.54, 1.807) is 0 Å². The summed E-state index contributed by atoms with van der Waals surface area (Å²) in [6.07, 6.45) is 0. The number of Topliss-reactive ketones (excluding diaryl/α,β-unsaturated/α-hetero) is 1. The fourth-order valence-electron chi connectivity index (χ4n) is 0.355. The van der Waals surface area contributed by atoms with Gasteiger partial charge in [0.1, 0.15) is 0 Å². The molecule has 1 aliphatic rings. The predicted octanol–water partition coefficient (Wildman–Crippen LogP) is -2.19. The van der Waals surface area contributed by atoms with Gasteiger partial charge in [-0.05, 0) is 0 Å². The zero-order chi connectivity index (χ0) is 5.28. The molecule has 1 radical (unpaired) electrons. The average molecular weight is 123 g/mol. The summed E-state index contributed by atoms with van der Waals surface area (Å²) in [7, 11) is 0. The molecule has 0 saturated carbocycles. The van der Waals surface area contributed by atoms with Crippen molar-refractivity contribution in [1.82, 2.24) is 10.9 Å². The smallest absolute Gasteiger partial charge is 0.287 e. The molecule has 2 N–H and O–H groups in total. The van der Waals surface area contributed by atoms with Crippen molar-refractivity contribution in [2.45, 2.75) is 0 Å². The van der Waals surface area contributed by atoms with E-state index in [1.807, 2.05) is 0 Å². The second-order valence-corrected chi connectivity index (χ2v) is 1.23. The quantitative estimate of drug-likeness (QED) is 0.284. The Morgan fingerprint density at radius 1 is 1.38 bits per heavy atom. The Bertz CT molecular complexity index is 110. The molecule has 1 saturated heterocycles. The number of hydrogen-bond donors (Lipinski definition) is 2. The Morgan fingerprint density at radius 3 is 2.12 bits per heavy atom. The number of nitrogens with one attached hydrogen (secondary N) is 2. The van der Waals surface area contributed by atoms with Crippen LogP contribution < -0.4 is 10.9 Å². The molecule has 0 bridgehead atoms. The minimum Gasteiger partial charge on any atom is -0.287 e. The van der Waals surface area contributed by atoms with Crippen molar-refractivity contribution >= 4 is 41.2 Å². The third-order valence-electron chi connectivity index (χ3n) is 0.704. The molecule has 39 valence electrons. The Labute approximate surface area is 68.3 Å². The molecule has 0 atom stereocenters. The van der Waals surface area contributed by atoms with Crippen molar-refractivity contribution in [3.05, 3.63) is 0 Å². The largest absolute Gasteiger partial charge is 0.302 e. The fraction of sp³-hybridized carbons (Fsp3) is 0.333. The van der Waals surface area contributed by atoms with Crippen molar-refractivity contribution < 1.29 is 9.59 Å². The van der Waals surface area contributed by atoms with Crippen molar-refractivity contribution in [2.24, 2.45) is 0 Å². The van der Waals surface area contributed by atoms with E-state index in [0.29, 0.717) is 0 Å². The Balaban J connectivity index is 0.000000490. The zero-order valence-electron chi connectivity index (χ0n) is 4.52. The first-order valence-electron chi connectivity index (χ1n) is 1.87. The molecule has 0 aromatic rings. The van der Waals surface area contributed by atoms with Crippen LogP contribution >= 0.6 is 0 Å². The van der Waals surface area contributed by atoms with Crippen molar-refractivity contribution in [3.8, 4) is 0 Å². The van der Waals surface area contributed by atoms with E-state index >= 15 is 0 Å². The first kappa shape index (κ1) is 8.10. The normalized spacial score (nSPS) is 17.5. The van der Waals surface area contributed by atoms with E-state index < -0.39 is 11.7 Å². The molecule has 0 aromatic carbocycles. The maximum Gasteiger partial charge on any atom is 0.302 e. The van der Waals surface area contributed by atoms with E-state index in [9.17, 15) is 9.59 Å². The molecule has 8 heavy (non-hydrogen) atoms. The van der Waals surface area contributed by atoms with E-state index in [2.05, 4.69) is 10.9 Å². The molecule has 0 aromatic heterocycles. The van der Waals surface area contributed by atoms with Gasteiger partial charge in [0, 0.05) is 29.6 Å². The second-order valence-electron chi connectivity index (χ2n) is 1.23. The number of amides is 1. The monoisotopic (exact) mass is 123 g/mol. The van der Waals surface area contributed by atoms with Crippen LogP contribution in [0.2, 0.25) is 0 Å². The summed E-state index contributed by atoms with van der Waals surface area (Å²) in [5.74, 6) is -0.944. The summed E-state index contributed by atoms with van der Waals surface area (Å²) in [5, 5.41) is 0. The van der Waals surface area contributed by atoms with Crippen LogP contribution in [0.4, 0.5) is 0 Å². The van der Waals surface area contributed by atoms with Crippen LogP contribution in [0.5, 0.6) is 0 Å². The van der Waals surface area contributed by atoms with Gasteiger partial charge < -0.3 is 0 Å². The minimum atomic E-state index is -0.542. The molecule has 1 rings (SSSR count). The van der Waals surface area contributed by atoms with Gasteiger partial charge in [-0.3, -0.25) is 15.0 Å². The summed E-state index contributed by atoms with van der Waals surface area (Å²) in [5.41, 5.74) is 4.50. The first-order chi connectivity index (χ1) is 3.30. The Kier molecular flexibility index (Phi) is 3.23. The second kappa shape index (κ2) is 3.19. The Morgan fingerprint density at radius 2 is 2.00 bits per heavy atom. The van der Waals surface area contributed by atoms with E-state index in [4.69, 9.17) is 0 Å². The van der Waals surface area contributed by atoms with Gasteiger partial charge in [-0.15, -0.1) is 0 Å². The molecule has 1 amide bonds. The van der Waals surface area contributed by atoms with Crippen LogP contribution in [0.25, 0.3) is 0 Å². The van der Waals surface area contributed by atoms with Crippen LogP contribution in [-0.2, 0) is 9.59 Å². The number of rotatable bonds is 0. The number of carbonyl (C=O) groups is 2. The van der Waals surface area contributed by atoms with Gasteiger partial charge in [-0.25, -0.2) is 5.43 Å². The summed E-state index contributed by atoms with van der Waals surface area (Å²) in [6, 6.07) is 0. The fourth-order valence-corrected chi connectivity index (χ4v) is 0.355. The SMILES string of the molecule is O=C1CNNC1=O.[Na]. The number of hydrogen-bond acceptors (Lipinski definition) is 3. The van der Waals surface area contributed by atoms with Gasteiger partial charge in [-0.2, -0.15) is 0 Å². The summed E-state index contributed by atoms with van der Waals surface area (Å²) in [6.45, 7) is 0.124. The van der Waals surface area contributed by atoms with Gasteiger partial charge in [0.15, 0.2) is 0 Å². The molecule has 1 fully saturated rings. The molecule has 5 heteroatoms. The molecule has 4 nitrogen and oxygen atoms in total. The third-order valence-corrected chi connectivity index (χ3v) is 0.704. The molecule has 0 aliphatic carbocycles. The van der Waals surface area contributed by atoms with Crippen LogP contribution in [0.15, 0.2) is 0 Å². The summed E-state index contributed by atoms with van der Waals surface area (Å²) in [4.78, 5) is 20.2. The van der Waals surface area contributed by atoms with Gasteiger partial charge in [-0.1, -0.05) is 0 Å². The van der Waals surface area contributed by atoms with Gasteiger partial charge in [0.25, 0.3) is 0 Å². The van der Waals surface area contributed by atoms with Crippen LogP contribution in [-0.4, -0.2) is 47.8 Å². The first-order valence-corrected chi connectivity index (χ1v) is 1.87. The number of carbonyl (C=O) groups excluding carboxylic acids is 2. The standard InChI is InChI=1S/C3H4N2O2.Na/c6-2-1-4-5-3(2)7;/h4H,1H2,(H,5,7);. The predicted molar refractivity (Wildman–Crippen MR) is 26.9 cm³/mol. The van der Waals surface area contributed by atoms with Gasteiger partial charge >= 0.3 is 5.91 Å². The molecule has 1 aliphatic heterocycles. The van der Waals surface area contributed by atoms with Crippen LogP contribution in [0.3, 0.4) is 0 Å². The number of hydrazine groups is 1.